The molecule has 0 N–H and O–H groups in total. The Morgan fingerprint density at radius 2 is 2.00 bits per heavy atom. The summed E-state index contributed by atoms with van der Waals surface area (Å²) in [5.41, 5.74) is 0. The quantitative estimate of drug-likeness (QED) is 0.600. The Morgan fingerprint density at radius 1 is 1.11 bits per heavy atom. The maximum absolute atomic E-state index is 5.91. The van der Waals surface area contributed by atoms with Crippen LogP contribution in [0.2, 0.25) is 0 Å². The highest BCUT2D eigenvalue weighted by molar-refractivity contribution is 7.22. The van der Waals surface area contributed by atoms with Crippen molar-refractivity contribution in [2.24, 2.45) is 0 Å². The lowest BCUT2D eigenvalue weighted by Gasteiger charge is -1.93. The summed E-state index contributed by atoms with van der Waals surface area (Å²) in [7, 11) is 0. The fourth-order valence-corrected chi connectivity index (χ4v) is 3.12. The third-order valence-electron chi connectivity index (χ3n) is 3.11. The first-order valence-corrected chi connectivity index (χ1v) is 7.26. The van der Waals surface area contributed by atoms with Crippen LogP contribution < -0.4 is 0 Å². The van der Waals surface area contributed by atoms with E-state index in [-0.39, 0.29) is 0 Å². The van der Waals surface area contributed by atoms with Gasteiger partial charge in [0.2, 0.25) is 0 Å². The molecule has 2 heterocycles. The molecular formula is C16H16OS. The molecule has 0 amide bonds. The standard InChI is InChI=1S/C16H16OS/c1-2-3-7-13-9-10-14(17-13)16-11-12-6-4-5-8-15(12)18-16/h4-6,8-11H,2-3,7H2,1H3. The third-order valence-corrected chi connectivity index (χ3v) is 4.24. The van der Waals surface area contributed by atoms with Gasteiger partial charge in [0.05, 0.1) is 4.88 Å². The van der Waals surface area contributed by atoms with Crippen molar-refractivity contribution in [1.29, 1.82) is 0 Å². The zero-order chi connectivity index (χ0) is 12.4. The highest BCUT2D eigenvalue weighted by Gasteiger charge is 2.08. The predicted octanol–water partition coefficient (Wildman–Crippen LogP) is 5.50. The van der Waals surface area contributed by atoms with Crippen LogP contribution in [-0.2, 0) is 6.42 Å². The molecule has 0 aliphatic heterocycles. The van der Waals surface area contributed by atoms with Crippen molar-refractivity contribution in [3.8, 4) is 10.6 Å². The molecule has 0 aliphatic rings. The molecule has 0 aliphatic carbocycles. The molecule has 0 unspecified atom stereocenters. The number of hydrogen-bond donors (Lipinski definition) is 0. The average Bonchev–Trinajstić information content (AvgIpc) is 3.02. The molecule has 1 aromatic carbocycles. The van der Waals surface area contributed by atoms with E-state index in [1.54, 1.807) is 11.3 Å². The van der Waals surface area contributed by atoms with Crippen LogP contribution in [0, 0.1) is 0 Å². The van der Waals surface area contributed by atoms with Crippen LogP contribution in [0.4, 0.5) is 0 Å². The van der Waals surface area contributed by atoms with Gasteiger partial charge in [0.25, 0.3) is 0 Å². The molecule has 0 atom stereocenters. The molecule has 0 saturated heterocycles. The minimum absolute atomic E-state index is 1.00. The van der Waals surface area contributed by atoms with Crippen LogP contribution in [0.1, 0.15) is 25.5 Å². The maximum Gasteiger partial charge on any atom is 0.144 e. The molecule has 0 bridgehead atoms. The second-order valence-electron chi connectivity index (χ2n) is 4.52. The molecule has 2 aromatic heterocycles. The number of rotatable bonds is 4. The molecule has 3 rings (SSSR count). The molecular weight excluding hydrogens is 240 g/mol. The Bertz CT molecular complexity index is 615. The lowest BCUT2D eigenvalue weighted by molar-refractivity contribution is 0.513. The van der Waals surface area contributed by atoms with Gasteiger partial charge in [-0.05, 0) is 36.1 Å². The molecule has 0 fully saturated rings. The summed E-state index contributed by atoms with van der Waals surface area (Å²) in [6, 6.07) is 14.9. The van der Waals surface area contributed by atoms with Crippen LogP contribution in [0.3, 0.4) is 0 Å². The second kappa shape index (κ2) is 4.99. The van der Waals surface area contributed by atoms with E-state index in [0.717, 1.165) is 17.9 Å². The Hall–Kier alpha value is -1.54. The normalized spacial score (nSPS) is 11.2. The van der Waals surface area contributed by atoms with Crippen LogP contribution in [-0.4, -0.2) is 0 Å². The van der Waals surface area contributed by atoms with Crippen molar-refractivity contribution >= 4 is 21.4 Å². The summed E-state index contributed by atoms with van der Waals surface area (Å²) < 4.78 is 7.23. The number of fused-ring (bicyclic) bond motifs is 1. The summed E-state index contributed by atoms with van der Waals surface area (Å²) >= 11 is 1.79. The van der Waals surface area contributed by atoms with Gasteiger partial charge in [-0.25, -0.2) is 0 Å². The van der Waals surface area contributed by atoms with E-state index in [1.807, 2.05) is 0 Å². The predicted molar refractivity (Wildman–Crippen MR) is 78.1 cm³/mol. The summed E-state index contributed by atoms with van der Waals surface area (Å²) in [4.78, 5) is 1.22. The van der Waals surface area contributed by atoms with Gasteiger partial charge in [0.1, 0.15) is 11.5 Å². The smallest absolute Gasteiger partial charge is 0.144 e. The zero-order valence-electron chi connectivity index (χ0n) is 10.5. The van der Waals surface area contributed by atoms with E-state index in [0.29, 0.717) is 0 Å². The van der Waals surface area contributed by atoms with E-state index >= 15 is 0 Å². The van der Waals surface area contributed by atoms with Crippen LogP contribution in [0.15, 0.2) is 46.9 Å². The van der Waals surface area contributed by atoms with Crippen molar-refractivity contribution in [2.45, 2.75) is 26.2 Å². The summed E-state index contributed by atoms with van der Waals surface area (Å²) in [5, 5.41) is 1.30. The zero-order valence-corrected chi connectivity index (χ0v) is 11.3. The molecule has 1 nitrogen and oxygen atoms in total. The number of unbranched alkanes of at least 4 members (excludes halogenated alkanes) is 1. The molecule has 18 heavy (non-hydrogen) atoms. The minimum atomic E-state index is 1.00. The van der Waals surface area contributed by atoms with Crippen molar-refractivity contribution in [3.63, 3.8) is 0 Å². The molecule has 92 valence electrons. The average molecular weight is 256 g/mol. The largest absolute Gasteiger partial charge is 0.460 e. The Balaban J connectivity index is 1.91. The topological polar surface area (TPSA) is 13.1 Å². The van der Waals surface area contributed by atoms with Gasteiger partial charge in [0.15, 0.2) is 0 Å². The number of furan rings is 1. The fraction of sp³-hybridized carbons (Fsp3) is 0.250. The van der Waals surface area contributed by atoms with Gasteiger partial charge in [-0.15, -0.1) is 11.3 Å². The first-order chi connectivity index (χ1) is 8.86. The number of hydrogen-bond acceptors (Lipinski definition) is 2. The van der Waals surface area contributed by atoms with Gasteiger partial charge in [-0.2, -0.15) is 0 Å². The summed E-state index contributed by atoms with van der Waals surface area (Å²) in [6.07, 6.45) is 3.44. The van der Waals surface area contributed by atoms with Crippen molar-refractivity contribution in [1.82, 2.24) is 0 Å². The van der Waals surface area contributed by atoms with Crippen LogP contribution >= 0.6 is 11.3 Å². The van der Waals surface area contributed by atoms with Gasteiger partial charge < -0.3 is 4.42 Å². The fourth-order valence-electron chi connectivity index (χ4n) is 2.10. The third kappa shape index (κ3) is 2.21. The molecule has 2 heteroatoms. The van der Waals surface area contributed by atoms with Crippen molar-refractivity contribution in [3.05, 3.63) is 48.2 Å². The Kier molecular flexibility index (Phi) is 3.20. The van der Waals surface area contributed by atoms with E-state index in [9.17, 15) is 0 Å². The van der Waals surface area contributed by atoms with Crippen molar-refractivity contribution < 1.29 is 4.42 Å². The van der Waals surface area contributed by atoms with E-state index in [1.165, 1.54) is 27.8 Å². The van der Waals surface area contributed by atoms with Gasteiger partial charge >= 0.3 is 0 Å². The Labute approximate surface area is 111 Å². The van der Waals surface area contributed by atoms with Crippen LogP contribution in [0.25, 0.3) is 20.7 Å². The van der Waals surface area contributed by atoms with Crippen molar-refractivity contribution in [2.75, 3.05) is 0 Å². The van der Waals surface area contributed by atoms with Gasteiger partial charge in [0, 0.05) is 11.1 Å². The number of benzene rings is 1. The highest BCUT2D eigenvalue weighted by atomic mass is 32.1. The number of thiophene rings is 1. The molecule has 0 saturated carbocycles. The summed E-state index contributed by atoms with van der Waals surface area (Å²) in [6.45, 7) is 2.20. The van der Waals surface area contributed by atoms with Gasteiger partial charge in [-0.1, -0.05) is 31.5 Å². The molecule has 0 radical (unpaired) electrons. The van der Waals surface area contributed by atoms with E-state index in [2.05, 4.69) is 49.4 Å². The Morgan fingerprint density at radius 3 is 2.83 bits per heavy atom. The number of aryl methyl sites for hydroxylation is 1. The second-order valence-corrected chi connectivity index (χ2v) is 5.60. The monoisotopic (exact) mass is 256 g/mol. The minimum Gasteiger partial charge on any atom is -0.460 e. The lowest BCUT2D eigenvalue weighted by Crippen LogP contribution is -1.78. The summed E-state index contributed by atoms with van der Waals surface area (Å²) in [5.74, 6) is 2.10. The van der Waals surface area contributed by atoms with E-state index < -0.39 is 0 Å². The van der Waals surface area contributed by atoms with Crippen LogP contribution in [0.5, 0.6) is 0 Å². The lowest BCUT2D eigenvalue weighted by atomic mass is 10.2. The maximum atomic E-state index is 5.91. The van der Waals surface area contributed by atoms with Gasteiger partial charge in [-0.3, -0.25) is 0 Å². The molecule has 0 spiro atoms. The first-order valence-electron chi connectivity index (χ1n) is 6.44. The molecule has 3 aromatic rings. The first kappa shape index (κ1) is 11.5. The SMILES string of the molecule is CCCCc1ccc(-c2cc3ccccc3s2)o1. The highest BCUT2D eigenvalue weighted by Crippen LogP contribution is 2.34. The van der Waals surface area contributed by atoms with E-state index in [4.69, 9.17) is 4.42 Å².